The summed E-state index contributed by atoms with van der Waals surface area (Å²) in [5, 5.41) is 19.3. The van der Waals surface area contributed by atoms with Crippen LogP contribution in [0, 0.1) is 5.41 Å². The maximum absolute atomic E-state index is 13.6. The van der Waals surface area contributed by atoms with E-state index in [-0.39, 0.29) is 24.5 Å². The number of carbonyl (C=O) groups is 3. The number of benzene rings is 2. The first-order chi connectivity index (χ1) is 19.3. The quantitative estimate of drug-likeness (QED) is 0.150. The van der Waals surface area contributed by atoms with Crippen LogP contribution in [0.15, 0.2) is 48.5 Å². The van der Waals surface area contributed by atoms with Gasteiger partial charge in [-0.05, 0) is 49.1 Å². The highest BCUT2D eigenvalue weighted by Gasteiger charge is 2.30. The van der Waals surface area contributed by atoms with Gasteiger partial charge in [-0.1, -0.05) is 50.5 Å². The van der Waals surface area contributed by atoms with E-state index >= 15 is 0 Å². The van der Waals surface area contributed by atoms with Crippen molar-refractivity contribution in [1.82, 2.24) is 10.2 Å². The molecule has 0 unspecified atom stereocenters. The van der Waals surface area contributed by atoms with E-state index in [1.807, 2.05) is 24.3 Å². The summed E-state index contributed by atoms with van der Waals surface area (Å²) in [5.74, 6) is -0.961. The minimum atomic E-state index is -1.02. The van der Waals surface area contributed by atoms with E-state index in [2.05, 4.69) is 12.2 Å². The molecule has 1 fully saturated rings. The normalized spacial score (nSPS) is 14.4. The number of aliphatic carboxylic acids is 1. The fourth-order valence-corrected chi connectivity index (χ4v) is 4.57. The maximum Gasteiger partial charge on any atom is 0.329 e. The fraction of sp³-hybridized carbons (Fsp3) is 0.467. The number of rotatable bonds is 15. The van der Waals surface area contributed by atoms with Gasteiger partial charge in [-0.25, -0.2) is 4.79 Å². The molecule has 1 heterocycles. The van der Waals surface area contributed by atoms with Crippen molar-refractivity contribution in [1.29, 1.82) is 5.41 Å². The van der Waals surface area contributed by atoms with Gasteiger partial charge in [-0.3, -0.25) is 15.0 Å². The number of amidine groups is 1. The average molecular weight is 553 g/mol. The highest BCUT2D eigenvalue weighted by Crippen LogP contribution is 2.18. The molecule has 10 heteroatoms. The van der Waals surface area contributed by atoms with Crippen LogP contribution in [0.5, 0.6) is 5.75 Å². The van der Waals surface area contributed by atoms with E-state index in [4.69, 9.17) is 25.7 Å². The third-order valence-electron chi connectivity index (χ3n) is 6.89. The highest BCUT2D eigenvalue weighted by molar-refractivity contribution is 5.99. The van der Waals surface area contributed by atoms with E-state index < -0.39 is 17.9 Å². The SMILES string of the molecule is CCCCCCOc1ccc(C[C@H](NC(=O)c2ccc(C(=N)N)cc2)C(=O)N2CCC(OCC(=O)O)CC2)cc1. The molecule has 0 radical (unpaired) electrons. The monoisotopic (exact) mass is 552 g/mol. The van der Waals surface area contributed by atoms with Gasteiger partial charge in [0.05, 0.1) is 12.7 Å². The average Bonchev–Trinajstić information content (AvgIpc) is 2.96. The van der Waals surface area contributed by atoms with Crippen molar-refractivity contribution in [3.8, 4) is 5.75 Å². The van der Waals surface area contributed by atoms with Crippen molar-refractivity contribution in [3.63, 3.8) is 0 Å². The molecule has 1 atom stereocenters. The van der Waals surface area contributed by atoms with Crippen molar-refractivity contribution < 1.29 is 29.0 Å². The molecule has 0 aromatic heterocycles. The summed E-state index contributed by atoms with van der Waals surface area (Å²) >= 11 is 0. The number of hydrogen-bond acceptors (Lipinski definition) is 6. The third kappa shape index (κ3) is 9.68. The van der Waals surface area contributed by atoms with E-state index in [0.717, 1.165) is 24.2 Å². The largest absolute Gasteiger partial charge is 0.494 e. The van der Waals surface area contributed by atoms with Gasteiger partial charge in [0.2, 0.25) is 5.91 Å². The standard InChI is InChI=1S/C30H40N4O6/c1-2-3-4-5-18-39-24-12-6-21(7-13-24)19-26(33-29(37)23-10-8-22(9-11-23)28(31)32)30(38)34-16-14-25(15-17-34)40-20-27(35)36/h6-13,25-26H,2-5,14-20H2,1H3,(H3,31,32)(H,33,37)(H,35,36)/t26-/m0/s1. The lowest BCUT2D eigenvalue weighted by Crippen LogP contribution is -2.52. The summed E-state index contributed by atoms with van der Waals surface area (Å²) in [7, 11) is 0. The van der Waals surface area contributed by atoms with Crippen LogP contribution in [-0.2, 0) is 20.7 Å². The van der Waals surface area contributed by atoms with Gasteiger partial charge >= 0.3 is 5.97 Å². The van der Waals surface area contributed by atoms with Crippen LogP contribution in [0.1, 0.15) is 66.9 Å². The molecule has 2 aromatic rings. The lowest BCUT2D eigenvalue weighted by atomic mass is 10.0. The van der Waals surface area contributed by atoms with Crippen LogP contribution < -0.4 is 15.8 Å². The zero-order chi connectivity index (χ0) is 28.9. The van der Waals surface area contributed by atoms with Crippen LogP contribution in [0.2, 0.25) is 0 Å². The number of unbranched alkanes of at least 4 members (excludes halogenated alkanes) is 3. The smallest absolute Gasteiger partial charge is 0.329 e. The molecule has 1 saturated heterocycles. The molecule has 2 aromatic carbocycles. The number of nitrogen functional groups attached to an aromatic ring is 1. The van der Waals surface area contributed by atoms with Crippen molar-refractivity contribution in [2.75, 3.05) is 26.3 Å². The summed E-state index contributed by atoms with van der Waals surface area (Å²) in [6, 6.07) is 13.1. The molecule has 216 valence electrons. The second-order valence-electron chi connectivity index (χ2n) is 10.0. The molecule has 2 amide bonds. The summed E-state index contributed by atoms with van der Waals surface area (Å²) in [5.41, 5.74) is 7.25. The Bertz CT molecular complexity index is 1130. The number of likely N-dealkylation sites (tertiary alicyclic amines) is 1. The molecule has 5 N–H and O–H groups in total. The molecule has 1 aliphatic heterocycles. The van der Waals surface area contributed by atoms with Crippen molar-refractivity contribution in [3.05, 3.63) is 65.2 Å². The molecular weight excluding hydrogens is 512 g/mol. The van der Waals surface area contributed by atoms with Crippen LogP contribution in [0.25, 0.3) is 0 Å². The number of carboxylic acid groups (broad SMARTS) is 1. The Labute approximate surface area is 235 Å². The molecule has 40 heavy (non-hydrogen) atoms. The first-order valence-corrected chi connectivity index (χ1v) is 13.9. The molecular formula is C30H40N4O6. The summed E-state index contributed by atoms with van der Waals surface area (Å²) in [6.07, 6.45) is 5.63. The Kier molecular flexibility index (Phi) is 12.0. The van der Waals surface area contributed by atoms with Crippen LogP contribution in [0.4, 0.5) is 0 Å². The minimum Gasteiger partial charge on any atom is -0.494 e. The zero-order valence-corrected chi connectivity index (χ0v) is 23.1. The molecule has 10 nitrogen and oxygen atoms in total. The van der Waals surface area contributed by atoms with Gasteiger partial charge < -0.3 is 30.5 Å². The molecule has 0 aliphatic carbocycles. The number of carboxylic acids is 1. The number of nitrogens with one attached hydrogen (secondary N) is 2. The minimum absolute atomic E-state index is 0.0934. The summed E-state index contributed by atoms with van der Waals surface area (Å²) in [6.45, 7) is 3.29. The maximum atomic E-state index is 13.6. The first kappa shape index (κ1) is 30.6. The Morgan fingerprint density at radius 2 is 1.68 bits per heavy atom. The number of nitrogens with zero attached hydrogens (tertiary/aromatic N) is 1. The molecule has 0 bridgehead atoms. The number of nitrogens with two attached hydrogens (primary N) is 1. The Morgan fingerprint density at radius 1 is 1.02 bits per heavy atom. The molecule has 0 saturated carbocycles. The third-order valence-corrected chi connectivity index (χ3v) is 6.89. The van der Waals surface area contributed by atoms with E-state index in [1.165, 1.54) is 12.8 Å². The van der Waals surface area contributed by atoms with Crippen LogP contribution in [-0.4, -0.2) is 72.1 Å². The highest BCUT2D eigenvalue weighted by atomic mass is 16.5. The van der Waals surface area contributed by atoms with Crippen LogP contribution in [0.3, 0.4) is 0 Å². The predicted molar refractivity (Wildman–Crippen MR) is 152 cm³/mol. The van der Waals surface area contributed by atoms with Gasteiger partial charge in [0.25, 0.3) is 5.91 Å². The lowest BCUT2D eigenvalue weighted by Gasteiger charge is -2.34. The second kappa shape index (κ2) is 15.6. The fourth-order valence-electron chi connectivity index (χ4n) is 4.57. The second-order valence-corrected chi connectivity index (χ2v) is 10.0. The van der Waals surface area contributed by atoms with Crippen molar-refractivity contribution >= 4 is 23.6 Å². The Balaban J connectivity index is 1.67. The van der Waals surface area contributed by atoms with E-state index in [9.17, 15) is 14.4 Å². The topological polar surface area (TPSA) is 155 Å². The lowest BCUT2D eigenvalue weighted by molar-refractivity contribution is -0.147. The number of carbonyl (C=O) groups excluding carboxylic acids is 2. The van der Waals surface area contributed by atoms with Crippen molar-refractivity contribution in [2.24, 2.45) is 5.73 Å². The Morgan fingerprint density at radius 3 is 2.27 bits per heavy atom. The molecule has 3 rings (SSSR count). The van der Waals surface area contributed by atoms with E-state index in [0.29, 0.717) is 50.1 Å². The van der Waals surface area contributed by atoms with Gasteiger partial charge in [-0.15, -0.1) is 0 Å². The predicted octanol–water partition coefficient (Wildman–Crippen LogP) is 3.36. The molecule has 1 aliphatic rings. The number of amides is 2. The van der Waals surface area contributed by atoms with Crippen molar-refractivity contribution in [2.45, 2.75) is 64.0 Å². The number of piperidine rings is 1. The zero-order valence-electron chi connectivity index (χ0n) is 23.1. The first-order valence-electron chi connectivity index (χ1n) is 13.9. The van der Waals surface area contributed by atoms with E-state index in [1.54, 1.807) is 29.2 Å². The molecule has 0 spiro atoms. The Hall–Kier alpha value is -3.92. The van der Waals surface area contributed by atoms with Gasteiger partial charge in [0, 0.05) is 30.6 Å². The van der Waals surface area contributed by atoms with Gasteiger partial charge in [0.15, 0.2) is 0 Å². The summed E-state index contributed by atoms with van der Waals surface area (Å²) < 4.78 is 11.2. The summed E-state index contributed by atoms with van der Waals surface area (Å²) in [4.78, 5) is 39.2. The number of hydrogen-bond donors (Lipinski definition) is 4. The van der Waals surface area contributed by atoms with Gasteiger partial charge in [0.1, 0.15) is 24.2 Å². The van der Waals surface area contributed by atoms with Gasteiger partial charge in [-0.2, -0.15) is 0 Å². The number of ether oxygens (including phenoxy) is 2. The van der Waals surface area contributed by atoms with Crippen LogP contribution >= 0.6 is 0 Å².